The zero-order valence-electron chi connectivity index (χ0n) is 10.5. The summed E-state index contributed by atoms with van der Waals surface area (Å²) in [6.07, 6.45) is 6.60. The van der Waals surface area contributed by atoms with E-state index in [2.05, 4.69) is 33.9 Å². The van der Waals surface area contributed by atoms with Crippen LogP contribution in [-0.2, 0) is 0 Å². The number of hydrogen-bond donors (Lipinski definition) is 0. The Morgan fingerprint density at radius 3 is 2.47 bits per heavy atom. The van der Waals surface area contributed by atoms with Crippen molar-refractivity contribution in [1.82, 2.24) is 0 Å². The van der Waals surface area contributed by atoms with Gasteiger partial charge in [-0.05, 0) is 30.6 Å². The van der Waals surface area contributed by atoms with Crippen molar-refractivity contribution in [3.8, 4) is 0 Å². The van der Waals surface area contributed by atoms with E-state index in [4.69, 9.17) is 11.6 Å². The molecule has 0 aromatic rings. The van der Waals surface area contributed by atoms with Crippen LogP contribution in [0.25, 0.3) is 0 Å². The maximum absolute atomic E-state index is 5.91. The van der Waals surface area contributed by atoms with E-state index < -0.39 is 0 Å². The Kier molecular flexibility index (Phi) is 7.00. The van der Waals surface area contributed by atoms with E-state index in [1.165, 1.54) is 18.4 Å². The van der Waals surface area contributed by atoms with Crippen molar-refractivity contribution in [2.75, 3.05) is 5.88 Å². The van der Waals surface area contributed by atoms with E-state index >= 15 is 0 Å². The molecule has 0 spiro atoms. The average Bonchev–Trinajstić information content (AvgIpc) is 2.17. The molecule has 0 N–H and O–H groups in total. The first-order chi connectivity index (χ1) is 6.99. The van der Waals surface area contributed by atoms with E-state index in [9.17, 15) is 0 Å². The molecule has 0 saturated carbocycles. The first-order valence-corrected chi connectivity index (χ1v) is 6.37. The van der Waals surface area contributed by atoms with Gasteiger partial charge in [0.15, 0.2) is 0 Å². The Morgan fingerprint density at radius 2 is 2.07 bits per heavy atom. The molecule has 0 aliphatic heterocycles. The lowest BCUT2D eigenvalue weighted by Gasteiger charge is -2.35. The Bertz CT molecular complexity index is 203. The van der Waals surface area contributed by atoms with Crippen LogP contribution in [0, 0.1) is 11.3 Å². The van der Waals surface area contributed by atoms with Gasteiger partial charge in [-0.15, -0.1) is 18.2 Å². The van der Waals surface area contributed by atoms with Gasteiger partial charge in [0.05, 0.1) is 0 Å². The van der Waals surface area contributed by atoms with Gasteiger partial charge in [0.25, 0.3) is 0 Å². The van der Waals surface area contributed by atoms with Crippen molar-refractivity contribution in [2.24, 2.45) is 11.3 Å². The standard InChI is InChI=1S/C14H25Cl/c1-6-8-9-13(12(3)11-15)14(4,5)10-7-2/h6,13H,1,3,7-11H2,2,4-5H3. The Hall–Kier alpha value is -0.230. The lowest BCUT2D eigenvalue weighted by atomic mass is 9.70. The van der Waals surface area contributed by atoms with Crippen molar-refractivity contribution >= 4 is 11.6 Å². The van der Waals surface area contributed by atoms with Crippen LogP contribution in [0.3, 0.4) is 0 Å². The average molecular weight is 229 g/mol. The summed E-state index contributed by atoms with van der Waals surface area (Å²) in [5, 5.41) is 0. The van der Waals surface area contributed by atoms with E-state index in [0.29, 0.717) is 17.2 Å². The highest BCUT2D eigenvalue weighted by Gasteiger charge is 2.29. The van der Waals surface area contributed by atoms with Crippen LogP contribution in [0.15, 0.2) is 24.8 Å². The summed E-state index contributed by atoms with van der Waals surface area (Å²) in [6.45, 7) is 14.8. The molecule has 0 fully saturated rings. The molecule has 0 aliphatic carbocycles. The normalized spacial score (nSPS) is 13.6. The van der Waals surface area contributed by atoms with Crippen molar-refractivity contribution in [3.63, 3.8) is 0 Å². The summed E-state index contributed by atoms with van der Waals surface area (Å²) in [5.41, 5.74) is 1.49. The van der Waals surface area contributed by atoms with Gasteiger partial charge in [0.1, 0.15) is 0 Å². The molecular weight excluding hydrogens is 204 g/mol. The third kappa shape index (κ3) is 4.88. The van der Waals surface area contributed by atoms with Crippen LogP contribution in [0.4, 0.5) is 0 Å². The number of halogens is 1. The van der Waals surface area contributed by atoms with Gasteiger partial charge >= 0.3 is 0 Å². The summed E-state index contributed by atoms with van der Waals surface area (Å²) in [7, 11) is 0. The molecule has 0 rings (SSSR count). The molecule has 0 aliphatic rings. The molecule has 0 heterocycles. The second-order valence-electron chi connectivity index (χ2n) is 4.95. The summed E-state index contributed by atoms with van der Waals surface area (Å²) < 4.78 is 0. The van der Waals surface area contributed by atoms with Gasteiger partial charge < -0.3 is 0 Å². The number of alkyl halides is 1. The molecular formula is C14H25Cl. The van der Waals surface area contributed by atoms with Gasteiger partial charge in [-0.3, -0.25) is 0 Å². The lowest BCUT2D eigenvalue weighted by Crippen LogP contribution is -2.26. The van der Waals surface area contributed by atoms with Crippen LogP contribution >= 0.6 is 11.6 Å². The second kappa shape index (κ2) is 7.11. The smallest absolute Gasteiger partial charge is 0.0433 e. The van der Waals surface area contributed by atoms with Crippen LogP contribution in [0.1, 0.15) is 46.5 Å². The monoisotopic (exact) mass is 228 g/mol. The molecule has 1 atom stereocenters. The third-order valence-corrected chi connectivity index (χ3v) is 3.50. The van der Waals surface area contributed by atoms with Gasteiger partial charge in [-0.2, -0.15) is 0 Å². The summed E-state index contributed by atoms with van der Waals surface area (Å²) in [6, 6.07) is 0. The van der Waals surface area contributed by atoms with E-state index in [0.717, 1.165) is 12.8 Å². The van der Waals surface area contributed by atoms with E-state index in [-0.39, 0.29) is 0 Å². The molecule has 0 aromatic heterocycles. The first kappa shape index (κ1) is 14.8. The third-order valence-electron chi connectivity index (χ3n) is 3.16. The first-order valence-electron chi connectivity index (χ1n) is 5.84. The van der Waals surface area contributed by atoms with Crippen molar-refractivity contribution in [2.45, 2.75) is 46.5 Å². The second-order valence-corrected chi connectivity index (χ2v) is 5.22. The summed E-state index contributed by atoms with van der Waals surface area (Å²) in [4.78, 5) is 0. The molecule has 1 heteroatoms. The SMILES string of the molecule is C=CCCC(C(=C)CCl)C(C)(C)CCC. The van der Waals surface area contributed by atoms with Crippen LogP contribution in [0.2, 0.25) is 0 Å². The Morgan fingerprint density at radius 1 is 1.47 bits per heavy atom. The summed E-state index contributed by atoms with van der Waals surface area (Å²) >= 11 is 5.91. The predicted molar refractivity (Wildman–Crippen MR) is 71.5 cm³/mol. The number of hydrogen-bond acceptors (Lipinski definition) is 0. The molecule has 0 radical (unpaired) electrons. The highest BCUT2D eigenvalue weighted by atomic mass is 35.5. The molecule has 15 heavy (non-hydrogen) atoms. The zero-order valence-corrected chi connectivity index (χ0v) is 11.2. The van der Waals surface area contributed by atoms with E-state index in [1.807, 2.05) is 6.08 Å². The highest BCUT2D eigenvalue weighted by molar-refractivity contribution is 6.19. The number of rotatable bonds is 8. The Balaban J connectivity index is 4.58. The molecule has 88 valence electrons. The highest BCUT2D eigenvalue weighted by Crippen LogP contribution is 2.39. The van der Waals surface area contributed by atoms with E-state index in [1.54, 1.807) is 0 Å². The maximum Gasteiger partial charge on any atom is 0.0433 e. The van der Waals surface area contributed by atoms with Gasteiger partial charge in [-0.25, -0.2) is 0 Å². The number of allylic oxidation sites excluding steroid dienone is 2. The minimum absolute atomic E-state index is 0.309. The lowest BCUT2D eigenvalue weighted by molar-refractivity contribution is 0.215. The summed E-state index contributed by atoms with van der Waals surface area (Å²) in [5.74, 6) is 1.10. The Labute approximate surface area is 100 Å². The fourth-order valence-electron chi connectivity index (χ4n) is 2.34. The van der Waals surface area contributed by atoms with Gasteiger partial charge in [0, 0.05) is 5.88 Å². The molecule has 0 aromatic carbocycles. The predicted octanol–water partition coefficient (Wildman–Crippen LogP) is 5.19. The van der Waals surface area contributed by atoms with Crippen LogP contribution in [-0.4, -0.2) is 5.88 Å². The van der Waals surface area contributed by atoms with Crippen LogP contribution < -0.4 is 0 Å². The maximum atomic E-state index is 5.91. The molecule has 1 unspecified atom stereocenters. The fourth-order valence-corrected chi connectivity index (χ4v) is 2.53. The molecule has 0 nitrogen and oxygen atoms in total. The molecule has 0 bridgehead atoms. The minimum Gasteiger partial charge on any atom is -0.122 e. The van der Waals surface area contributed by atoms with Gasteiger partial charge in [-0.1, -0.05) is 45.4 Å². The minimum atomic E-state index is 0.309. The quantitative estimate of drug-likeness (QED) is 0.396. The van der Waals surface area contributed by atoms with Crippen molar-refractivity contribution < 1.29 is 0 Å². The zero-order chi connectivity index (χ0) is 11.9. The van der Waals surface area contributed by atoms with Crippen molar-refractivity contribution in [3.05, 3.63) is 24.8 Å². The topological polar surface area (TPSA) is 0 Å². The molecule has 0 saturated heterocycles. The van der Waals surface area contributed by atoms with Crippen molar-refractivity contribution in [1.29, 1.82) is 0 Å². The molecule has 0 amide bonds. The fraction of sp³-hybridized carbons (Fsp3) is 0.714. The van der Waals surface area contributed by atoms with Gasteiger partial charge in [0.2, 0.25) is 0 Å². The largest absolute Gasteiger partial charge is 0.122 e. The van der Waals surface area contributed by atoms with Crippen LogP contribution in [0.5, 0.6) is 0 Å².